The van der Waals surface area contributed by atoms with Crippen LogP contribution >= 0.6 is 11.3 Å². The van der Waals surface area contributed by atoms with Gasteiger partial charge in [-0.25, -0.2) is 4.98 Å². The number of aromatic nitrogens is 1. The van der Waals surface area contributed by atoms with Crippen LogP contribution in [0.2, 0.25) is 0 Å². The number of nitrogens with one attached hydrogen (secondary N) is 2. The van der Waals surface area contributed by atoms with E-state index in [1.807, 2.05) is 26.0 Å². The summed E-state index contributed by atoms with van der Waals surface area (Å²) in [5.74, 6) is -1.30. The van der Waals surface area contributed by atoms with Crippen LogP contribution in [-0.2, 0) is 16.0 Å². The lowest BCUT2D eigenvalue weighted by molar-refractivity contribution is -0.136. The van der Waals surface area contributed by atoms with E-state index in [4.69, 9.17) is 0 Å². The van der Waals surface area contributed by atoms with Crippen molar-refractivity contribution in [2.45, 2.75) is 27.2 Å². The van der Waals surface area contributed by atoms with Crippen molar-refractivity contribution in [2.75, 3.05) is 11.9 Å². The molecule has 0 saturated carbocycles. The minimum Gasteiger partial charge on any atom is -0.347 e. The number of carbonyl (C=O) groups excluding carboxylic acids is 2. The Balaban J connectivity index is 1.53. The number of rotatable bonds is 5. The standard InChI is InChI=1S/C22H23N3O2S/c1-14-4-8-17(9-5-14)22-24-16(3)19(28-22)12-13-23-20(26)21(27)25-18-10-6-15(2)7-11-18/h4-11H,12-13H2,1-3H3,(H,23,26)(H,25,27). The highest BCUT2D eigenvalue weighted by Gasteiger charge is 2.14. The molecule has 0 spiro atoms. The van der Waals surface area contributed by atoms with Crippen molar-refractivity contribution in [2.24, 2.45) is 0 Å². The van der Waals surface area contributed by atoms with Crippen molar-refractivity contribution >= 4 is 28.8 Å². The Hall–Kier alpha value is -2.99. The molecule has 0 saturated heterocycles. The average molecular weight is 394 g/mol. The first-order valence-electron chi connectivity index (χ1n) is 9.11. The molecule has 0 radical (unpaired) electrons. The smallest absolute Gasteiger partial charge is 0.313 e. The highest BCUT2D eigenvalue weighted by atomic mass is 32.1. The second-order valence-electron chi connectivity index (χ2n) is 6.72. The summed E-state index contributed by atoms with van der Waals surface area (Å²) in [6.07, 6.45) is 0.638. The molecular weight excluding hydrogens is 370 g/mol. The van der Waals surface area contributed by atoms with Gasteiger partial charge in [0.1, 0.15) is 5.01 Å². The van der Waals surface area contributed by atoms with Crippen LogP contribution in [0.15, 0.2) is 48.5 Å². The highest BCUT2D eigenvalue weighted by molar-refractivity contribution is 7.15. The van der Waals surface area contributed by atoms with Gasteiger partial charge in [-0.1, -0.05) is 47.5 Å². The molecule has 3 aromatic rings. The molecule has 2 aromatic carbocycles. The molecule has 0 aliphatic rings. The molecule has 2 N–H and O–H groups in total. The van der Waals surface area contributed by atoms with Crippen LogP contribution < -0.4 is 10.6 Å². The summed E-state index contributed by atoms with van der Waals surface area (Å²) in [7, 11) is 0. The molecule has 1 heterocycles. The van der Waals surface area contributed by atoms with Crippen LogP contribution in [-0.4, -0.2) is 23.3 Å². The Labute approximate surface area is 168 Å². The molecule has 0 aliphatic carbocycles. The maximum absolute atomic E-state index is 12.0. The van der Waals surface area contributed by atoms with Crippen molar-refractivity contribution in [3.05, 3.63) is 70.2 Å². The summed E-state index contributed by atoms with van der Waals surface area (Å²) in [5, 5.41) is 6.24. The summed E-state index contributed by atoms with van der Waals surface area (Å²) in [5.41, 5.74) is 4.95. The molecule has 5 nitrogen and oxygen atoms in total. The Kier molecular flexibility index (Phi) is 6.21. The Morgan fingerprint density at radius 2 is 1.50 bits per heavy atom. The predicted octanol–water partition coefficient (Wildman–Crippen LogP) is 4.03. The van der Waals surface area contributed by atoms with Crippen molar-refractivity contribution in [1.82, 2.24) is 10.3 Å². The summed E-state index contributed by atoms with van der Waals surface area (Å²) in [6.45, 7) is 6.37. The molecule has 0 atom stereocenters. The fourth-order valence-electron chi connectivity index (χ4n) is 2.67. The quantitative estimate of drug-likeness (QED) is 0.643. The summed E-state index contributed by atoms with van der Waals surface area (Å²) in [6, 6.07) is 15.6. The Morgan fingerprint density at radius 1 is 0.893 bits per heavy atom. The molecule has 6 heteroatoms. The fraction of sp³-hybridized carbons (Fsp3) is 0.227. The molecule has 2 amide bonds. The number of nitrogens with zero attached hydrogens (tertiary/aromatic N) is 1. The molecule has 144 valence electrons. The molecule has 3 rings (SSSR count). The van der Waals surface area contributed by atoms with Crippen molar-refractivity contribution in [3.8, 4) is 10.6 Å². The predicted molar refractivity (Wildman–Crippen MR) is 114 cm³/mol. The average Bonchev–Trinajstić information content (AvgIpc) is 3.04. The molecular formula is C22H23N3O2S. The number of aryl methyl sites for hydroxylation is 3. The first-order chi connectivity index (χ1) is 13.4. The molecule has 28 heavy (non-hydrogen) atoms. The zero-order valence-corrected chi connectivity index (χ0v) is 17.0. The van der Waals surface area contributed by atoms with Gasteiger partial charge < -0.3 is 10.6 Å². The van der Waals surface area contributed by atoms with Gasteiger partial charge in [-0.2, -0.15) is 0 Å². The number of amides is 2. The van der Waals surface area contributed by atoms with Crippen LogP contribution in [0.1, 0.15) is 21.7 Å². The van der Waals surface area contributed by atoms with E-state index >= 15 is 0 Å². The van der Waals surface area contributed by atoms with Crippen molar-refractivity contribution in [3.63, 3.8) is 0 Å². The summed E-state index contributed by atoms with van der Waals surface area (Å²) >= 11 is 1.62. The number of thiazole rings is 1. The van der Waals surface area contributed by atoms with E-state index in [1.165, 1.54) is 5.56 Å². The van der Waals surface area contributed by atoms with Gasteiger partial charge in [-0.05, 0) is 32.9 Å². The lowest BCUT2D eigenvalue weighted by atomic mass is 10.2. The van der Waals surface area contributed by atoms with Crippen LogP contribution in [0.25, 0.3) is 10.6 Å². The van der Waals surface area contributed by atoms with E-state index in [2.05, 4.69) is 46.8 Å². The van der Waals surface area contributed by atoms with E-state index in [0.717, 1.165) is 26.7 Å². The third-order valence-electron chi connectivity index (χ3n) is 4.34. The van der Waals surface area contributed by atoms with E-state index < -0.39 is 11.8 Å². The molecule has 0 fully saturated rings. The normalized spacial score (nSPS) is 10.5. The van der Waals surface area contributed by atoms with Gasteiger partial charge in [0.25, 0.3) is 0 Å². The summed E-state index contributed by atoms with van der Waals surface area (Å²) in [4.78, 5) is 29.7. The third kappa shape index (κ3) is 5.04. The van der Waals surface area contributed by atoms with Gasteiger partial charge in [0, 0.05) is 29.1 Å². The number of carbonyl (C=O) groups is 2. The molecule has 0 unspecified atom stereocenters. The van der Waals surface area contributed by atoms with Gasteiger partial charge in [-0.15, -0.1) is 11.3 Å². The van der Waals surface area contributed by atoms with Crippen LogP contribution in [0.5, 0.6) is 0 Å². The van der Waals surface area contributed by atoms with Crippen molar-refractivity contribution in [1.29, 1.82) is 0 Å². The molecule has 0 aliphatic heterocycles. The fourth-order valence-corrected chi connectivity index (χ4v) is 3.74. The lowest BCUT2D eigenvalue weighted by Gasteiger charge is -2.06. The first kappa shape index (κ1) is 19.8. The highest BCUT2D eigenvalue weighted by Crippen LogP contribution is 2.28. The van der Waals surface area contributed by atoms with E-state index in [9.17, 15) is 9.59 Å². The third-order valence-corrected chi connectivity index (χ3v) is 5.61. The number of benzene rings is 2. The number of hydrogen-bond donors (Lipinski definition) is 2. The number of anilines is 1. The Bertz CT molecular complexity index is 976. The van der Waals surface area contributed by atoms with Gasteiger partial charge in [0.05, 0.1) is 5.69 Å². The second-order valence-corrected chi connectivity index (χ2v) is 7.80. The zero-order valence-electron chi connectivity index (χ0n) is 16.2. The Morgan fingerprint density at radius 3 is 2.14 bits per heavy atom. The topological polar surface area (TPSA) is 71.1 Å². The van der Waals surface area contributed by atoms with Crippen LogP contribution in [0.3, 0.4) is 0 Å². The maximum atomic E-state index is 12.0. The second kappa shape index (κ2) is 8.80. The largest absolute Gasteiger partial charge is 0.347 e. The maximum Gasteiger partial charge on any atom is 0.313 e. The van der Waals surface area contributed by atoms with Gasteiger partial charge >= 0.3 is 11.8 Å². The summed E-state index contributed by atoms with van der Waals surface area (Å²) < 4.78 is 0. The lowest BCUT2D eigenvalue weighted by Crippen LogP contribution is -2.36. The monoisotopic (exact) mass is 393 g/mol. The van der Waals surface area contributed by atoms with E-state index in [-0.39, 0.29) is 0 Å². The minimum absolute atomic E-state index is 0.385. The number of hydrogen-bond acceptors (Lipinski definition) is 4. The van der Waals surface area contributed by atoms with Gasteiger partial charge in [0.15, 0.2) is 0 Å². The SMILES string of the molecule is Cc1ccc(NC(=O)C(=O)NCCc2sc(-c3ccc(C)cc3)nc2C)cc1. The van der Waals surface area contributed by atoms with Crippen molar-refractivity contribution < 1.29 is 9.59 Å². The van der Waals surface area contributed by atoms with E-state index in [0.29, 0.717) is 18.7 Å². The first-order valence-corrected chi connectivity index (χ1v) is 9.93. The van der Waals surface area contributed by atoms with Crippen LogP contribution in [0.4, 0.5) is 5.69 Å². The molecule has 0 bridgehead atoms. The van der Waals surface area contributed by atoms with Gasteiger partial charge in [-0.3, -0.25) is 9.59 Å². The minimum atomic E-state index is -0.662. The molecule has 1 aromatic heterocycles. The van der Waals surface area contributed by atoms with Crippen LogP contribution in [0, 0.1) is 20.8 Å². The zero-order chi connectivity index (χ0) is 20.1. The van der Waals surface area contributed by atoms with Gasteiger partial charge in [0.2, 0.25) is 0 Å². The van der Waals surface area contributed by atoms with E-state index in [1.54, 1.807) is 23.5 Å².